The van der Waals surface area contributed by atoms with Crippen molar-refractivity contribution in [2.75, 3.05) is 13.2 Å². The molecule has 2 aliphatic rings. The Hall–Kier alpha value is -5.88. The molecule has 0 saturated heterocycles. The molecule has 382 valence electrons. The molecular weight excluding hydrogens is 952 g/mol. The molecule has 0 N–H and O–H groups in total. The highest BCUT2D eigenvalue weighted by Gasteiger charge is 2.34. The van der Waals surface area contributed by atoms with E-state index in [1.807, 2.05) is 81.4 Å². The van der Waals surface area contributed by atoms with Crippen molar-refractivity contribution in [2.24, 2.45) is 0 Å². The predicted molar refractivity (Wildman–Crippen MR) is 302 cm³/mol. The molecule has 0 aromatic heterocycles. The van der Waals surface area contributed by atoms with Crippen LogP contribution in [0.1, 0.15) is 92.9 Å². The molecule has 5 aromatic rings. The van der Waals surface area contributed by atoms with Gasteiger partial charge >= 0.3 is 11.9 Å². The van der Waals surface area contributed by atoms with E-state index in [-0.39, 0.29) is 18.4 Å². The first-order valence-electron chi connectivity index (χ1n) is 25.1. The Balaban J connectivity index is 0.000000201. The van der Waals surface area contributed by atoms with Crippen LogP contribution in [0.4, 0.5) is 0 Å². The third kappa shape index (κ3) is 13.4. The fraction of sp³-hybridized carbons (Fsp3) is 0.367. The SMILES string of the molecule is CC(C=O)=P(c1ccccc1)(c1ccccc1)c1ccccc1.CCc1c(C)c2c(c(OCC[Si](C)(C)C)c1C/C=C(\C)C=O)C(=O)OC2.CCc1c(C)c2c(c(OCC[Si](C)(C)C)c1CC=O)C(=O)OC2. The molecule has 2 aliphatic heterocycles. The van der Waals surface area contributed by atoms with Crippen molar-refractivity contribution >= 4 is 75.0 Å². The zero-order chi connectivity index (χ0) is 52.8. The first-order chi connectivity index (χ1) is 34.3. The number of allylic oxidation sites excluding steroid dienone is 2. The summed E-state index contributed by atoms with van der Waals surface area (Å²) in [5.74, 6) is 0.612. The number of aldehydes is 3. The van der Waals surface area contributed by atoms with Crippen LogP contribution in [0.15, 0.2) is 103 Å². The first kappa shape index (κ1) is 57.0. The highest BCUT2D eigenvalue weighted by atomic mass is 31.2. The van der Waals surface area contributed by atoms with Crippen molar-refractivity contribution in [1.29, 1.82) is 0 Å². The Morgan fingerprint density at radius 1 is 0.569 bits per heavy atom. The smallest absolute Gasteiger partial charge is 0.342 e. The lowest BCUT2D eigenvalue weighted by Gasteiger charge is -2.30. The van der Waals surface area contributed by atoms with E-state index in [9.17, 15) is 24.0 Å². The van der Waals surface area contributed by atoms with Crippen LogP contribution in [-0.2, 0) is 62.8 Å². The van der Waals surface area contributed by atoms with Crippen molar-refractivity contribution in [3.63, 3.8) is 0 Å². The summed E-state index contributed by atoms with van der Waals surface area (Å²) in [6, 6.07) is 33.2. The number of benzene rings is 5. The molecule has 0 saturated carbocycles. The fourth-order valence-electron chi connectivity index (χ4n) is 9.37. The van der Waals surface area contributed by atoms with Gasteiger partial charge in [0.1, 0.15) is 54.7 Å². The molecular formula is C60H75O9PSi2. The standard InChI is InChI=1S/C21H30O4Si.C21H19OP.C18H26O4Si/c1-7-16-15(3)18-13-25-21(23)19(18)20(24-10-11-26(4,5)6)17(16)9-8-14(2)12-22;1-18(17-22)23(19-11-5-2-6-12-19,20-13-7-3-8-14-20)21-15-9-4-10-16-21;1-6-13-12(2)15-11-22-18(20)16(15)17(14(13)7-8-19)21-9-10-23(3,4)5/h8,12H,7,9-11,13H2,1-6H3;2-17H,1H3;8H,6-7,9-11H2,1-5H3/b14-8+;;. The number of hydrogen-bond donors (Lipinski definition) is 0. The van der Waals surface area contributed by atoms with Gasteiger partial charge in [0.05, 0.1) is 13.2 Å². The number of fused-ring (bicyclic) bond motifs is 2. The molecule has 0 fully saturated rings. The van der Waals surface area contributed by atoms with E-state index in [2.05, 4.69) is 89.5 Å². The van der Waals surface area contributed by atoms with Crippen LogP contribution in [-0.4, -0.2) is 65.5 Å². The van der Waals surface area contributed by atoms with Crippen LogP contribution in [0.3, 0.4) is 0 Å². The van der Waals surface area contributed by atoms with E-state index in [4.69, 9.17) is 18.9 Å². The van der Waals surface area contributed by atoms with Gasteiger partial charge in [0, 0.05) is 44.8 Å². The summed E-state index contributed by atoms with van der Waals surface area (Å²) in [7, 11) is -2.48. The van der Waals surface area contributed by atoms with E-state index in [0.29, 0.717) is 61.0 Å². The summed E-state index contributed by atoms with van der Waals surface area (Å²) < 4.78 is 22.8. The molecule has 0 aliphatic carbocycles. The number of carbonyl (C=O) groups is 5. The summed E-state index contributed by atoms with van der Waals surface area (Å²) in [6.45, 7) is 25.5. The van der Waals surface area contributed by atoms with Crippen molar-refractivity contribution in [3.8, 4) is 11.5 Å². The topological polar surface area (TPSA) is 122 Å². The monoisotopic (exact) mass is 1030 g/mol. The molecule has 0 radical (unpaired) electrons. The second-order valence-electron chi connectivity index (χ2n) is 20.8. The molecule has 0 atom stereocenters. The molecule has 9 nitrogen and oxygen atoms in total. The molecule has 0 unspecified atom stereocenters. The van der Waals surface area contributed by atoms with Gasteiger partial charge in [0.25, 0.3) is 0 Å². The fourth-order valence-corrected chi connectivity index (χ4v) is 14.9. The van der Waals surface area contributed by atoms with Crippen LogP contribution in [0, 0.1) is 13.8 Å². The Morgan fingerprint density at radius 3 is 1.26 bits per heavy atom. The number of rotatable bonds is 19. The maximum Gasteiger partial charge on any atom is 0.342 e. The van der Waals surface area contributed by atoms with Crippen molar-refractivity contribution in [3.05, 3.63) is 158 Å². The van der Waals surface area contributed by atoms with Crippen LogP contribution in [0.5, 0.6) is 11.5 Å². The number of hydrogen-bond acceptors (Lipinski definition) is 9. The molecule has 0 spiro atoms. The van der Waals surface area contributed by atoms with Crippen molar-refractivity contribution in [1.82, 2.24) is 0 Å². The first-order valence-corrected chi connectivity index (χ1v) is 34.3. The normalized spacial score (nSPS) is 13.0. The molecule has 0 amide bonds. The van der Waals surface area contributed by atoms with Crippen LogP contribution >= 0.6 is 6.89 Å². The Morgan fingerprint density at radius 2 is 0.944 bits per heavy atom. The summed E-state index contributed by atoms with van der Waals surface area (Å²) in [5.41, 5.74) is 10.0. The highest BCUT2D eigenvalue weighted by Crippen LogP contribution is 2.46. The third-order valence-electron chi connectivity index (χ3n) is 13.4. The van der Waals surface area contributed by atoms with Gasteiger partial charge in [-0.1, -0.05) is 150 Å². The summed E-state index contributed by atoms with van der Waals surface area (Å²) in [6.07, 6.45) is 7.17. The third-order valence-corrected chi connectivity index (χ3v) is 21.2. The van der Waals surface area contributed by atoms with Gasteiger partial charge in [0.2, 0.25) is 0 Å². The number of carbonyl (C=O) groups excluding carboxylic acids is 5. The van der Waals surface area contributed by atoms with E-state index >= 15 is 0 Å². The Kier molecular flexibility index (Phi) is 20.3. The van der Waals surface area contributed by atoms with E-state index in [1.54, 1.807) is 6.92 Å². The Bertz CT molecular complexity index is 2720. The van der Waals surface area contributed by atoms with E-state index in [0.717, 1.165) is 88.0 Å². The highest BCUT2D eigenvalue weighted by molar-refractivity contribution is 7.96. The maximum atomic E-state index is 12.4. The molecule has 12 heteroatoms. The van der Waals surface area contributed by atoms with Gasteiger partial charge in [-0.3, -0.25) is 9.59 Å². The number of esters is 2. The predicted octanol–water partition coefficient (Wildman–Crippen LogP) is 11.7. The van der Waals surface area contributed by atoms with Gasteiger partial charge in [-0.2, -0.15) is 0 Å². The molecule has 7 rings (SSSR count). The molecule has 2 heterocycles. The minimum atomic E-state index is -2.10. The second kappa shape index (κ2) is 25.7. The average Bonchev–Trinajstić information content (AvgIpc) is 3.95. The van der Waals surface area contributed by atoms with Gasteiger partial charge in [0.15, 0.2) is 0 Å². The van der Waals surface area contributed by atoms with Crippen molar-refractivity contribution in [2.45, 2.75) is 132 Å². The lowest BCUT2D eigenvalue weighted by atomic mass is 9.89. The quantitative estimate of drug-likeness (QED) is 0.0262. The van der Waals surface area contributed by atoms with Crippen LogP contribution in [0.2, 0.25) is 51.4 Å². The van der Waals surface area contributed by atoms with Crippen LogP contribution < -0.4 is 25.4 Å². The summed E-state index contributed by atoms with van der Waals surface area (Å²) >= 11 is 0. The van der Waals surface area contributed by atoms with Gasteiger partial charge in [-0.15, -0.1) is 0 Å². The van der Waals surface area contributed by atoms with Gasteiger partial charge in [-0.05, 0) is 115 Å². The second-order valence-corrected chi connectivity index (χ2v) is 35.6. The minimum absolute atomic E-state index is 0.271. The van der Waals surface area contributed by atoms with Crippen molar-refractivity contribution < 1.29 is 42.9 Å². The maximum absolute atomic E-state index is 12.4. The molecule has 72 heavy (non-hydrogen) atoms. The van der Waals surface area contributed by atoms with Crippen LogP contribution in [0.25, 0.3) is 0 Å². The van der Waals surface area contributed by atoms with E-state index < -0.39 is 23.0 Å². The average molecular weight is 1030 g/mol. The summed E-state index contributed by atoms with van der Waals surface area (Å²) in [5, 5.41) is 4.52. The van der Waals surface area contributed by atoms with E-state index in [1.165, 1.54) is 21.5 Å². The largest absolute Gasteiger partial charge is 0.493 e. The Labute approximate surface area is 430 Å². The molecule has 5 aromatic carbocycles. The van der Waals surface area contributed by atoms with Gasteiger partial charge in [-0.25, -0.2) is 9.59 Å². The minimum Gasteiger partial charge on any atom is -0.493 e. The zero-order valence-electron chi connectivity index (χ0n) is 44.7. The summed E-state index contributed by atoms with van der Waals surface area (Å²) in [4.78, 5) is 58.6. The lowest BCUT2D eigenvalue weighted by molar-refractivity contribution is -0.107. The zero-order valence-corrected chi connectivity index (χ0v) is 47.6. The molecule has 0 bridgehead atoms. The number of cyclic esters (lactones) is 2. The number of ether oxygens (including phenoxy) is 4. The lowest BCUT2D eigenvalue weighted by Crippen LogP contribution is -2.30. The van der Waals surface area contributed by atoms with Gasteiger partial charge < -0.3 is 23.7 Å².